The summed E-state index contributed by atoms with van der Waals surface area (Å²) in [7, 11) is 1.82. The lowest BCUT2D eigenvalue weighted by molar-refractivity contribution is 1.13. The summed E-state index contributed by atoms with van der Waals surface area (Å²) < 4.78 is 0. The molecule has 2 nitrogen and oxygen atoms in total. The summed E-state index contributed by atoms with van der Waals surface area (Å²) in [5.74, 6) is 0. The van der Waals surface area contributed by atoms with Gasteiger partial charge in [-0.05, 0) is 22.4 Å². The molecule has 0 aromatic heterocycles. The van der Waals surface area contributed by atoms with E-state index in [1.54, 1.807) is 0 Å². The molecule has 0 aliphatic rings. The average molecular weight is 208 g/mol. The molecule has 0 aliphatic carbocycles. The van der Waals surface area contributed by atoms with Gasteiger partial charge in [0.25, 0.3) is 0 Å². The van der Waals surface area contributed by atoms with Crippen molar-refractivity contribution >= 4 is 16.5 Å². The molecule has 2 rings (SSSR count). The lowest BCUT2D eigenvalue weighted by atomic mass is 10.0. The third-order valence-corrected chi connectivity index (χ3v) is 2.54. The number of nitrogens with zero attached hydrogens (tertiary/aromatic N) is 1. The molecule has 1 N–H and O–H groups in total. The summed E-state index contributed by atoms with van der Waals surface area (Å²) in [6.07, 6.45) is 1.52. The zero-order valence-corrected chi connectivity index (χ0v) is 9.07. The van der Waals surface area contributed by atoms with E-state index in [4.69, 9.17) is 5.26 Å². The van der Waals surface area contributed by atoms with Gasteiger partial charge in [0.2, 0.25) is 0 Å². The maximum absolute atomic E-state index is 8.68. The molecule has 2 aromatic carbocycles. The maximum Gasteiger partial charge on any atom is 0.0933 e. The van der Waals surface area contributed by atoms with Gasteiger partial charge in [-0.2, -0.15) is 5.26 Å². The van der Waals surface area contributed by atoms with E-state index < -0.39 is 0 Å². The van der Waals surface area contributed by atoms with Crippen molar-refractivity contribution in [1.29, 1.82) is 5.26 Å². The average Bonchev–Trinajstić information content (AvgIpc) is 2.35. The maximum atomic E-state index is 8.68. The quantitative estimate of drug-likeness (QED) is 0.770. The molecular weight excluding hydrogens is 196 g/mol. The van der Waals surface area contributed by atoms with E-state index in [0.717, 1.165) is 11.3 Å². The Balaban J connectivity index is 2.55. The van der Waals surface area contributed by atoms with Gasteiger partial charge in [-0.15, -0.1) is 0 Å². The van der Waals surface area contributed by atoms with Gasteiger partial charge in [0.1, 0.15) is 0 Å². The highest BCUT2D eigenvalue weighted by molar-refractivity contribution is 5.86. The van der Waals surface area contributed by atoms with Gasteiger partial charge in [0, 0.05) is 13.1 Å². The second-order valence-corrected chi connectivity index (χ2v) is 3.50. The number of allylic oxidation sites excluding steroid dienone is 1. The molecule has 16 heavy (non-hydrogen) atoms. The van der Waals surface area contributed by atoms with Crippen LogP contribution in [0.25, 0.3) is 16.5 Å². The van der Waals surface area contributed by atoms with E-state index in [1.807, 2.05) is 31.3 Å². The summed E-state index contributed by atoms with van der Waals surface area (Å²) in [6.45, 7) is 0. The van der Waals surface area contributed by atoms with Gasteiger partial charge in [0.15, 0.2) is 0 Å². The van der Waals surface area contributed by atoms with Crippen LogP contribution in [0, 0.1) is 11.3 Å². The predicted molar refractivity (Wildman–Crippen MR) is 66.6 cm³/mol. The molecule has 0 heterocycles. The van der Waals surface area contributed by atoms with E-state index in [-0.39, 0.29) is 0 Å². The van der Waals surface area contributed by atoms with Crippen molar-refractivity contribution in [2.24, 2.45) is 0 Å². The Hall–Kier alpha value is -2.27. The fourth-order valence-electron chi connectivity index (χ4n) is 1.72. The molecule has 2 aromatic rings. The first-order chi connectivity index (χ1) is 7.85. The van der Waals surface area contributed by atoms with Crippen molar-refractivity contribution in [3.8, 4) is 6.07 Å². The van der Waals surface area contributed by atoms with Gasteiger partial charge < -0.3 is 5.32 Å². The number of nitriles is 1. The zero-order valence-electron chi connectivity index (χ0n) is 9.07. The van der Waals surface area contributed by atoms with Crippen molar-refractivity contribution in [3.63, 3.8) is 0 Å². The Bertz CT molecular complexity index is 577. The number of rotatable bonds is 2. The van der Waals surface area contributed by atoms with Crippen LogP contribution in [-0.4, -0.2) is 7.05 Å². The monoisotopic (exact) mass is 208 g/mol. The molecule has 0 unspecified atom stereocenters. The molecule has 0 amide bonds. The molecule has 0 saturated carbocycles. The summed E-state index contributed by atoms with van der Waals surface area (Å²) in [5.41, 5.74) is 1.87. The van der Waals surface area contributed by atoms with E-state index in [0.29, 0.717) is 0 Å². The van der Waals surface area contributed by atoms with E-state index in [1.165, 1.54) is 16.8 Å². The normalized spacial score (nSPS) is 11.1. The Morgan fingerprint density at radius 3 is 2.62 bits per heavy atom. The van der Waals surface area contributed by atoms with Crippen LogP contribution < -0.4 is 5.32 Å². The summed E-state index contributed by atoms with van der Waals surface area (Å²) >= 11 is 0. The van der Waals surface area contributed by atoms with E-state index in [2.05, 4.69) is 29.6 Å². The van der Waals surface area contributed by atoms with Gasteiger partial charge in [-0.3, -0.25) is 0 Å². The number of nitrogens with one attached hydrogen (secondary N) is 1. The number of fused-ring (bicyclic) bond motifs is 1. The lowest BCUT2D eigenvalue weighted by Gasteiger charge is -2.06. The molecule has 0 fully saturated rings. The van der Waals surface area contributed by atoms with Crippen molar-refractivity contribution in [2.45, 2.75) is 0 Å². The van der Waals surface area contributed by atoms with Gasteiger partial charge in [-0.25, -0.2) is 0 Å². The Morgan fingerprint density at radius 1 is 1.19 bits per heavy atom. The molecule has 78 valence electrons. The first-order valence-electron chi connectivity index (χ1n) is 5.12. The molecular formula is C14H12N2. The Labute approximate surface area is 94.8 Å². The lowest BCUT2D eigenvalue weighted by Crippen LogP contribution is -2.04. The van der Waals surface area contributed by atoms with Crippen LogP contribution in [0.5, 0.6) is 0 Å². The Morgan fingerprint density at radius 2 is 1.94 bits per heavy atom. The number of benzene rings is 2. The molecule has 0 spiro atoms. The second-order valence-electron chi connectivity index (χ2n) is 3.50. The van der Waals surface area contributed by atoms with Crippen molar-refractivity contribution in [1.82, 2.24) is 5.32 Å². The number of hydrogen-bond donors (Lipinski definition) is 1. The largest absolute Gasteiger partial charge is 0.387 e. The number of hydrogen-bond acceptors (Lipinski definition) is 2. The minimum absolute atomic E-state index is 0.841. The molecule has 0 aliphatic heterocycles. The third kappa shape index (κ3) is 1.89. The Kier molecular flexibility index (Phi) is 2.88. The van der Waals surface area contributed by atoms with Crippen LogP contribution in [0.15, 0.2) is 48.5 Å². The highest BCUT2D eigenvalue weighted by Gasteiger charge is 2.00. The fraction of sp³-hybridized carbons (Fsp3) is 0.0714. The summed E-state index contributed by atoms with van der Waals surface area (Å²) in [5, 5.41) is 14.1. The molecule has 0 bridgehead atoms. The van der Waals surface area contributed by atoms with Crippen molar-refractivity contribution < 1.29 is 0 Å². The van der Waals surface area contributed by atoms with Crippen molar-refractivity contribution in [3.05, 3.63) is 54.1 Å². The molecule has 0 radical (unpaired) electrons. The summed E-state index contributed by atoms with van der Waals surface area (Å²) in [6, 6.07) is 16.4. The minimum atomic E-state index is 0.841. The van der Waals surface area contributed by atoms with Crippen LogP contribution in [-0.2, 0) is 0 Å². The smallest absolute Gasteiger partial charge is 0.0933 e. The SMILES string of the molecule is CN/C(=C\C#N)c1ccc2ccccc2c1. The van der Waals surface area contributed by atoms with E-state index in [9.17, 15) is 0 Å². The second kappa shape index (κ2) is 4.50. The van der Waals surface area contributed by atoms with Crippen LogP contribution >= 0.6 is 0 Å². The molecule has 0 atom stereocenters. The fourth-order valence-corrected chi connectivity index (χ4v) is 1.72. The van der Waals surface area contributed by atoms with Crippen LogP contribution in [0.3, 0.4) is 0 Å². The molecule has 0 saturated heterocycles. The van der Waals surface area contributed by atoms with Gasteiger partial charge in [-0.1, -0.05) is 36.4 Å². The van der Waals surface area contributed by atoms with Gasteiger partial charge >= 0.3 is 0 Å². The highest BCUT2D eigenvalue weighted by atomic mass is 14.8. The van der Waals surface area contributed by atoms with Crippen LogP contribution in [0.1, 0.15) is 5.56 Å². The van der Waals surface area contributed by atoms with Crippen LogP contribution in [0.4, 0.5) is 0 Å². The van der Waals surface area contributed by atoms with Crippen LogP contribution in [0.2, 0.25) is 0 Å². The zero-order chi connectivity index (χ0) is 11.4. The van der Waals surface area contributed by atoms with Crippen molar-refractivity contribution in [2.75, 3.05) is 7.05 Å². The summed E-state index contributed by atoms with van der Waals surface area (Å²) in [4.78, 5) is 0. The topological polar surface area (TPSA) is 35.8 Å². The first-order valence-corrected chi connectivity index (χ1v) is 5.12. The highest BCUT2D eigenvalue weighted by Crippen LogP contribution is 2.19. The van der Waals surface area contributed by atoms with E-state index >= 15 is 0 Å². The third-order valence-electron chi connectivity index (χ3n) is 2.54. The molecule has 2 heteroatoms. The van der Waals surface area contributed by atoms with Gasteiger partial charge in [0.05, 0.1) is 11.8 Å². The first kappa shape index (κ1) is 10.3. The standard InChI is InChI=1S/C14H12N2/c1-16-14(8-9-15)13-7-6-11-4-2-3-5-12(11)10-13/h2-8,10,16H,1H3/b14-8-. The minimum Gasteiger partial charge on any atom is -0.387 e. The predicted octanol–water partition coefficient (Wildman–Crippen LogP) is 2.92.